The number of amides is 1. The summed E-state index contributed by atoms with van der Waals surface area (Å²) in [4.78, 5) is 20.3. The molecule has 0 N–H and O–H groups in total. The molecule has 1 aliphatic heterocycles. The second-order valence-corrected chi connectivity index (χ2v) is 10.4. The normalized spacial score (nSPS) is 18.4. The standard InChI is InChI=1S/C27H37N5O2/c1-20(2)18-31(25(21-12-8-6-9-13-21)22-14-10-7-11-15-22)24-16-23(17-29-30-28)32(19-24)26(33)34-27(3,4)5/h6-15,20,23-25H,16-19H2,1-5H3. The number of azide groups is 1. The highest BCUT2D eigenvalue weighted by molar-refractivity contribution is 5.69. The van der Waals surface area contributed by atoms with E-state index in [0.717, 1.165) is 13.0 Å². The lowest BCUT2D eigenvalue weighted by Crippen LogP contribution is -2.44. The van der Waals surface area contributed by atoms with Crippen molar-refractivity contribution < 1.29 is 9.53 Å². The first-order chi connectivity index (χ1) is 16.2. The summed E-state index contributed by atoms with van der Waals surface area (Å²) in [6.07, 6.45) is 0.370. The molecule has 1 saturated heterocycles. The monoisotopic (exact) mass is 463 g/mol. The van der Waals surface area contributed by atoms with E-state index in [1.807, 2.05) is 32.9 Å². The molecule has 2 atom stereocenters. The van der Waals surface area contributed by atoms with Gasteiger partial charge >= 0.3 is 6.09 Å². The van der Waals surface area contributed by atoms with Crippen molar-refractivity contribution in [2.45, 2.75) is 64.8 Å². The Morgan fingerprint density at radius 3 is 2.15 bits per heavy atom. The smallest absolute Gasteiger partial charge is 0.410 e. The van der Waals surface area contributed by atoms with Gasteiger partial charge in [-0.05, 0) is 49.8 Å². The number of carbonyl (C=O) groups is 1. The number of rotatable bonds is 8. The van der Waals surface area contributed by atoms with Gasteiger partial charge in [0.2, 0.25) is 0 Å². The number of nitrogens with zero attached hydrogens (tertiary/aromatic N) is 5. The number of ether oxygens (including phenoxy) is 1. The van der Waals surface area contributed by atoms with Gasteiger partial charge in [0.05, 0.1) is 6.04 Å². The van der Waals surface area contributed by atoms with Crippen molar-refractivity contribution in [3.05, 3.63) is 82.2 Å². The quantitative estimate of drug-likeness (QED) is 0.257. The summed E-state index contributed by atoms with van der Waals surface area (Å²) in [7, 11) is 0. The van der Waals surface area contributed by atoms with Gasteiger partial charge in [-0.15, -0.1) is 0 Å². The van der Waals surface area contributed by atoms with Crippen LogP contribution in [-0.2, 0) is 4.74 Å². The fourth-order valence-electron chi connectivity index (χ4n) is 4.71. The van der Waals surface area contributed by atoms with Crippen LogP contribution >= 0.6 is 0 Å². The average Bonchev–Trinajstić information content (AvgIpc) is 3.22. The molecule has 1 aliphatic rings. The Morgan fingerprint density at radius 2 is 1.68 bits per heavy atom. The molecule has 2 unspecified atom stereocenters. The molecular formula is C27H37N5O2. The van der Waals surface area contributed by atoms with E-state index in [-0.39, 0.29) is 30.8 Å². The van der Waals surface area contributed by atoms with E-state index in [4.69, 9.17) is 10.3 Å². The lowest BCUT2D eigenvalue weighted by Gasteiger charge is -2.38. The highest BCUT2D eigenvalue weighted by Gasteiger charge is 2.42. The van der Waals surface area contributed by atoms with Gasteiger partial charge in [-0.3, -0.25) is 4.90 Å². The van der Waals surface area contributed by atoms with E-state index in [2.05, 4.69) is 77.3 Å². The van der Waals surface area contributed by atoms with Crippen LogP contribution in [-0.4, -0.2) is 53.2 Å². The summed E-state index contributed by atoms with van der Waals surface area (Å²) in [5.74, 6) is 0.432. The van der Waals surface area contributed by atoms with Crippen molar-refractivity contribution >= 4 is 6.09 Å². The minimum absolute atomic E-state index is 0.0495. The van der Waals surface area contributed by atoms with Crippen molar-refractivity contribution in [3.63, 3.8) is 0 Å². The Kier molecular flexibility index (Phi) is 8.59. The van der Waals surface area contributed by atoms with Gasteiger partial charge in [-0.1, -0.05) is 79.6 Å². The molecule has 7 nitrogen and oxygen atoms in total. The highest BCUT2D eigenvalue weighted by Crippen LogP contribution is 2.35. The minimum atomic E-state index is -0.591. The van der Waals surface area contributed by atoms with Gasteiger partial charge < -0.3 is 9.64 Å². The molecule has 1 heterocycles. The predicted molar refractivity (Wildman–Crippen MR) is 135 cm³/mol. The van der Waals surface area contributed by atoms with Gasteiger partial charge in [0, 0.05) is 36.6 Å². The zero-order valence-corrected chi connectivity index (χ0v) is 21.0. The second kappa shape index (κ2) is 11.4. The van der Waals surface area contributed by atoms with Crippen LogP contribution in [0.2, 0.25) is 0 Å². The van der Waals surface area contributed by atoms with E-state index >= 15 is 0 Å². The number of hydrogen-bond donors (Lipinski definition) is 0. The molecule has 2 aromatic carbocycles. The first kappa shape index (κ1) is 25.6. The van der Waals surface area contributed by atoms with E-state index in [9.17, 15) is 4.79 Å². The first-order valence-electron chi connectivity index (χ1n) is 12.1. The Hall–Kier alpha value is -3.02. The predicted octanol–water partition coefficient (Wildman–Crippen LogP) is 6.42. The van der Waals surface area contributed by atoms with Crippen LogP contribution in [0.15, 0.2) is 65.8 Å². The zero-order valence-electron chi connectivity index (χ0n) is 21.0. The molecular weight excluding hydrogens is 426 g/mol. The maximum absolute atomic E-state index is 13.1. The zero-order chi connectivity index (χ0) is 24.7. The highest BCUT2D eigenvalue weighted by atomic mass is 16.6. The molecule has 1 fully saturated rings. The molecule has 7 heteroatoms. The average molecular weight is 464 g/mol. The summed E-state index contributed by atoms with van der Waals surface area (Å²) in [5, 5.41) is 3.81. The molecule has 1 amide bonds. The molecule has 0 saturated carbocycles. The van der Waals surface area contributed by atoms with Gasteiger partial charge in [-0.25, -0.2) is 4.79 Å². The van der Waals surface area contributed by atoms with E-state index < -0.39 is 5.60 Å². The fraction of sp³-hybridized carbons (Fsp3) is 0.519. The van der Waals surface area contributed by atoms with Crippen LogP contribution < -0.4 is 0 Å². The summed E-state index contributed by atoms with van der Waals surface area (Å²) in [6, 6.07) is 21.0. The molecule has 0 bridgehead atoms. The Bertz CT molecular complexity index is 928. The third-order valence-corrected chi connectivity index (χ3v) is 5.98. The number of likely N-dealkylation sites (tertiary alicyclic amines) is 1. The number of benzene rings is 2. The molecule has 2 aromatic rings. The van der Waals surface area contributed by atoms with E-state index in [0.29, 0.717) is 12.5 Å². The van der Waals surface area contributed by atoms with Gasteiger partial charge in [-0.2, -0.15) is 0 Å². The Morgan fingerprint density at radius 1 is 1.12 bits per heavy atom. The third-order valence-electron chi connectivity index (χ3n) is 5.98. The van der Waals surface area contributed by atoms with Crippen LogP contribution in [0.5, 0.6) is 0 Å². The van der Waals surface area contributed by atoms with Crippen molar-refractivity contribution in [1.82, 2.24) is 9.80 Å². The SMILES string of the molecule is CC(C)CN(C1CC(CN=[N+]=[N-])N(C(=O)OC(C)(C)C)C1)C(c1ccccc1)c1ccccc1. The summed E-state index contributed by atoms with van der Waals surface area (Å²) >= 11 is 0. The molecule has 0 radical (unpaired) electrons. The van der Waals surface area contributed by atoms with Gasteiger partial charge in [0.1, 0.15) is 5.60 Å². The largest absolute Gasteiger partial charge is 0.444 e. The van der Waals surface area contributed by atoms with Crippen molar-refractivity contribution in [2.24, 2.45) is 11.0 Å². The van der Waals surface area contributed by atoms with Crippen LogP contribution in [0.25, 0.3) is 10.4 Å². The molecule has 3 rings (SSSR count). The maximum Gasteiger partial charge on any atom is 0.410 e. The lowest BCUT2D eigenvalue weighted by molar-refractivity contribution is 0.0216. The number of carbonyl (C=O) groups excluding carboxylic acids is 1. The first-order valence-corrected chi connectivity index (χ1v) is 12.1. The van der Waals surface area contributed by atoms with Crippen LogP contribution in [0.1, 0.15) is 58.2 Å². The molecule has 34 heavy (non-hydrogen) atoms. The van der Waals surface area contributed by atoms with Crippen molar-refractivity contribution in [2.75, 3.05) is 19.6 Å². The van der Waals surface area contributed by atoms with E-state index in [1.54, 1.807) is 4.90 Å². The number of hydrogen-bond acceptors (Lipinski definition) is 4. The van der Waals surface area contributed by atoms with Gasteiger partial charge in [0.15, 0.2) is 0 Å². The molecule has 0 aliphatic carbocycles. The van der Waals surface area contributed by atoms with Crippen molar-refractivity contribution in [1.29, 1.82) is 0 Å². The minimum Gasteiger partial charge on any atom is -0.444 e. The lowest BCUT2D eigenvalue weighted by atomic mass is 9.94. The topological polar surface area (TPSA) is 81.5 Å². The Balaban J connectivity index is 1.99. The molecule has 182 valence electrons. The summed E-state index contributed by atoms with van der Waals surface area (Å²) in [5.41, 5.74) is 10.8. The van der Waals surface area contributed by atoms with Crippen LogP contribution in [0.4, 0.5) is 4.79 Å². The van der Waals surface area contributed by atoms with E-state index in [1.165, 1.54) is 11.1 Å². The van der Waals surface area contributed by atoms with Crippen LogP contribution in [0.3, 0.4) is 0 Å². The fourth-order valence-corrected chi connectivity index (χ4v) is 4.71. The van der Waals surface area contributed by atoms with Crippen LogP contribution in [0, 0.1) is 5.92 Å². The summed E-state index contributed by atoms with van der Waals surface area (Å²) < 4.78 is 5.70. The van der Waals surface area contributed by atoms with Gasteiger partial charge in [0.25, 0.3) is 0 Å². The molecule has 0 spiro atoms. The summed E-state index contributed by atoms with van der Waals surface area (Å²) in [6.45, 7) is 11.7. The Labute approximate surface area is 203 Å². The maximum atomic E-state index is 13.1. The molecule has 0 aromatic heterocycles. The van der Waals surface area contributed by atoms with Crippen molar-refractivity contribution in [3.8, 4) is 0 Å². The third kappa shape index (κ3) is 6.75. The second-order valence-electron chi connectivity index (χ2n) is 10.4.